The highest BCUT2D eigenvalue weighted by Gasteiger charge is 2.22. The lowest BCUT2D eigenvalue weighted by Gasteiger charge is -2.19. The van der Waals surface area contributed by atoms with Crippen LogP contribution in [0, 0.1) is 0 Å². The number of rotatable bonds is 14. The quantitative estimate of drug-likeness (QED) is 0.184. The summed E-state index contributed by atoms with van der Waals surface area (Å²) in [7, 11) is 0. The van der Waals surface area contributed by atoms with Crippen LogP contribution < -0.4 is 16.0 Å². The first-order valence-corrected chi connectivity index (χ1v) is 12.2. The van der Waals surface area contributed by atoms with Gasteiger partial charge in [0.1, 0.15) is 6.04 Å². The van der Waals surface area contributed by atoms with E-state index in [-0.39, 0.29) is 30.2 Å². The number of carbonyl (C=O) groups excluding carboxylic acids is 4. The number of unbranched alkanes of at least 4 members (excludes halogenated alkanes) is 2. The Bertz CT molecular complexity index is 942. The van der Waals surface area contributed by atoms with Gasteiger partial charge in [-0.05, 0) is 43.4 Å². The molecule has 0 saturated carbocycles. The Balaban J connectivity index is 1.64. The van der Waals surface area contributed by atoms with Crippen molar-refractivity contribution in [3.63, 3.8) is 0 Å². The lowest BCUT2D eigenvalue weighted by Crippen LogP contribution is -2.40. The number of thiol groups is 1. The van der Waals surface area contributed by atoms with Gasteiger partial charge in [0, 0.05) is 42.3 Å². The number of aryl methyl sites for hydroxylation is 1. The molecule has 1 aliphatic rings. The number of hydrogen-bond acceptors (Lipinski definition) is 6. The number of anilines is 1. The van der Waals surface area contributed by atoms with Crippen molar-refractivity contribution in [3.8, 4) is 0 Å². The van der Waals surface area contributed by atoms with Crippen LogP contribution >= 0.6 is 12.6 Å². The second-order valence-corrected chi connectivity index (χ2v) is 8.53. The maximum atomic E-state index is 12.6. The van der Waals surface area contributed by atoms with Gasteiger partial charge in [0.25, 0.3) is 11.8 Å². The monoisotopic (exact) mass is 486 g/mol. The number of carbonyl (C=O) groups is 4. The number of amides is 4. The van der Waals surface area contributed by atoms with Crippen LogP contribution in [0.25, 0.3) is 0 Å². The lowest BCUT2D eigenvalue weighted by molar-refractivity contribution is -0.137. The molecule has 1 atom stereocenters. The Morgan fingerprint density at radius 3 is 2.47 bits per heavy atom. The molecule has 0 aromatic heterocycles. The van der Waals surface area contributed by atoms with Crippen molar-refractivity contribution < 1.29 is 19.2 Å². The van der Waals surface area contributed by atoms with Crippen LogP contribution in [-0.4, -0.2) is 47.7 Å². The van der Waals surface area contributed by atoms with E-state index in [0.29, 0.717) is 37.3 Å². The number of nitrogens with zero attached hydrogens (tertiary/aromatic N) is 1. The third kappa shape index (κ3) is 8.37. The first-order valence-electron chi connectivity index (χ1n) is 11.5. The summed E-state index contributed by atoms with van der Waals surface area (Å²) >= 11 is 4.29. The highest BCUT2D eigenvalue weighted by Crippen LogP contribution is 2.19. The van der Waals surface area contributed by atoms with Gasteiger partial charge in [0.05, 0.1) is 6.54 Å². The van der Waals surface area contributed by atoms with E-state index >= 15 is 0 Å². The molecule has 4 amide bonds. The largest absolute Gasteiger partial charge is 0.376 e. The van der Waals surface area contributed by atoms with Gasteiger partial charge in [-0.25, -0.2) is 0 Å². The second kappa shape index (κ2) is 13.6. The predicted octanol–water partition coefficient (Wildman–Crippen LogP) is 2.71. The molecule has 1 heterocycles. The summed E-state index contributed by atoms with van der Waals surface area (Å²) in [5, 5.41) is 8.75. The molecule has 1 aromatic carbocycles. The molecule has 34 heavy (non-hydrogen) atoms. The van der Waals surface area contributed by atoms with Crippen LogP contribution in [0.2, 0.25) is 0 Å². The first-order chi connectivity index (χ1) is 16.2. The number of imide groups is 1. The van der Waals surface area contributed by atoms with E-state index in [4.69, 9.17) is 0 Å². The van der Waals surface area contributed by atoms with Gasteiger partial charge in [-0.15, -0.1) is 0 Å². The highest BCUT2D eigenvalue weighted by atomic mass is 32.1. The van der Waals surface area contributed by atoms with Crippen molar-refractivity contribution in [1.29, 1.82) is 0 Å². The van der Waals surface area contributed by atoms with Crippen molar-refractivity contribution >= 4 is 41.9 Å². The topological polar surface area (TPSA) is 108 Å². The maximum absolute atomic E-state index is 12.6. The fraction of sp³-hybridized carbons (Fsp3) is 0.440. The molecule has 0 bridgehead atoms. The molecule has 0 aliphatic carbocycles. The minimum absolute atomic E-state index is 0.119. The highest BCUT2D eigenvalue weighted by molar-refractivity contribution is 7.79. The zero-order valence-electron chi connectivity index (χ0n) is 19.9. The Labute approximate surface area is 206 Å². The Morgan fingerprint density at radius 2 is 1.82 bits per heavy atom. The molecule has 8 nitrogen and oxygen atoms in total. The van der Waals surface area contributed by atoms with Crippen LogP contribution in [0.1, 0.15) is 50.7 Å². The van der Waals surface area contributed by atoms with E-state index in [2.05, 4.69) is 35.2 Å². The Hall–Kier alpha value is -3.07. The fourth-order valence-corrected chi connectivity index (χ4v) is 3.70. The average molecular weight is 487 g/mol. The van der Waals surface area contributed by atoms with Crippen molar-refractivity contribution in [2.75, 3.05) is 18.4 Å². The zero-order chi connectivity index (χ0) is 25.1. The van der Waals surface area contributed by atoms with Crippen LogP contribution in [0.15, 0.2) is 42.6 Å². The minimum Gasteiger partial charge on any atom is -0.376 e. The SMILES string of the molecule is C=C(CNC(=O)CCCCCN1C(=O)C=CC1=O)NC(C)C(=O)Nc1ccc(CS)cc1CC. The molecule has 1 aromatic rings. The van der Waals surface area contributed by atoms with Gasteiger partial charge in [0.15, 0.2) is 0 Å². The molecule has 0 radical (unpaired) electrons. The summed E-state index contributed by atoms with van der Waals surface area (Å²) in [6.07, 6.45) is 5.71. The number of benzene rings is 1. The third-order valence-corrected chi connectivity index (χ3v) is 5.86. The summed E-state index contributed by atoms with van der Waals surface area (Å²) in [6.45, 7) is 8.25. The first kappa shape index (κ1) is 27.2. The predicted molar refractivity (Wildman–Crippen MR) is 136 cm³/mol. The molecule has 3 N–H and O–H groups in total. The smallest absolute Gasteiger partial charge is 0.253 e. The van der Waals surface area contributed by atoms with Crippen molar-refractivity contribution in [1.82, 2.24) is 15.5 Å². The standard InChI is InChI=1S/C25H34N4O4S/c1-4-20-14-19(16-34)9-10-21(20)28-25(33)18(3)27-17(2)15-26-22(30)8-6-5-7-13-29-23(31)11-12-24(29)32/h9-12,14,18,27,34H,2,4-8,13,15-16H2,1,3H3,(H,26,30)(H,28,33). The maximum Gasteiger partial charge on any atom is 0.253 e. The molecular formula is C25H34N4O4S. The molecular weight excluding hydrogens is 452 g/mol. The normalized spacial score (nSPS) is 13.7. The summed E-state index contributed by atoms with van der Waals surface area (Å²) in [5.74, 6) is -0.232. The molecule has 9 heteroatoms. The van der Waals surface area contributed by atoms with Crippen LogP contribution in [0.3, 0.4) is 0 Å². The lowest BCUT2D eigenvalue weighted by atomic mass is 10.1. The van der Waals surface area contributed by atoms with Crippen LogP contribution in [-0.2, 0) is 31.4 Å². The molecule has 0 fully saturated rings. The molecule has 184 valence electrons. The molecule has 1 aliphatic heterocycles. The summed E-state index contributed by atoms with van der Waals surface area (Å²) in [5.41, 5.74) is 3.46. The van der Waals surface area contributed by atoms with Crippen molar-refractivity contribution in [2.24, 2.45) is 0 Å². The van der Waals surface area contributed by atoms with E-state index < -0.39 is 6.04 Å². The Morgan fingerprint density at radius 1 is 1.12 bits per heavy atom. The van der Waals surface area contributed by atoms with E-state index in [9.17, 15) is 19.2 Å². The fourth-order valence-electron chi connectivity index (χ4n) is 3.50. The summed E-state index contributed by atoms with van der Waals surface area (Å²) in [6, 6.07) is 5.35. The third-order valence-electron chi connectivity index (χ3n) is 5.49. The molecule has 1 unspecified atom stereocenters. The molecule has 0 saturated heterocycles. The Kier molecular flexibility index (Phi) is 10.9. The van der Waals surface area contributed by atoms with Gasteiger partial charge < -0.3 is 16.0 Å². The van der Waals surface area contributed by atoms with Gasteiger partial charge in [-0.2, -0.15) is 12.6 Å². The minimum atomic E-state index is -0.524. The number of nitrogens with one attached hydrogen (secondary N) is 3. The average Bonchev–Trinajstić information content (AvgIpc) is 3.14. The molecule has 2 rings (SSSR count). The van der Waals surface area contributed by atoms with Gasteiger partial charge in [-0.1, -0.05) is 32.1 Å². The van der Waals surface area contributed by atoms with E-state index in [0.717, 1.165) is 29.7 Å². The van der Waals surface area contributed by atoms with Gasteiger partial charge in [-0.3, -0.25) is 24.1 Å². The molecule has 0 spiro atoms. The van der Waals surface area contributed by atoms with E-state index in [1.165, 1.54) is 17.1 Å². The van der Waals surface area contributed by atoms with E-state index in [1.807, 2.05) is 25.1 Å². The second-order valence-electron chi connectivity index (χ2n) is 8.21. The summed E-state index contributed by atoms with van der Waals surface area (Å²) in [4.78, 5) is 48.8. The zero-order valence-corrected chi connectivity index (χ0v) is 20.7. The van der Waals surface area contributed by atoms with Crippen molar-refractivity contribution in [2.45, 2.75) is 57.7 Å². The van der Waals surface area contributed by atoms with Gasteiger partial charge >= 0.3 is 0 Å². The van der Waals surface area contributed by atoms with Crippen LogP contribution in [0.5, 0.6) is 0 Å². The van der Waals surface area contributed by atoms with Gasteiger partial charge in [0.2, 0.25) is 11.8 Å². The van der Waals surface area contributed by atoms with E-state index in [1.54, 1.807) is 6.92 Å². The van der Waals surface area contributed by atoms with Crippen molar-refractivity contribution in [3.05, 3.63) is 53.8 Å². The number of hydrogen-bond donors (Lipinski definition) is 4. The summed E-state index contributed by atoms with van der Waals surface area (Å²) < 4.78 is 0. The van der Waals surface area contributed by atoms with Crippen LogP contribution in [0.4, 0.5) is 5.69 Å².